The Hall–Kier alpha value is -0.560. The highest BCUT2D eigenvalue weighted by Gasteiger charge is 2.55. The van der Waals surface area contributed by atoms with Crippen LogP contribution in [0.15, 0.2) is 22.3 Å². The van der Waals surface area contributed by atoms with E-state index in [2.05, 4.69) is 19.9 Å². The second-order valence-corrected chi connectivity index (χ2v) is 9.33. The molecule has 0 aromatic carbocycles. The molecule has 0 bridgehead atoms. The molecule has 5 atom stereocenters. The lowest BCUT2D eigenvalue weighted by atomic mass is 9.48. The molecule has 23 heavy (non-hydrogen) atoms. The van der Waals surface area contributed by atoms with Crippen LogP contribution in [-0.4, -0.2) is 6.29 Å². The van der Waals surface area contributed by atoms with Crippen LogP contribution in [-0.2, 0) is 4.79 Å². The minimum Gasteiger partial charge on any atom is -0.298 e. The second-order valence-electron chi connectivity index (χ2n) is 8.95. The zero-order chi connectivity index (χ0) is 16.2. The average molecular weight is 333 g/mol. The number of carbonyl (C=O) groups excluding carboxylic acids is 1. The highest BCUT2D eigenvalue weighted by Crippen LogP contribution is 2.65. The minimum atomic E-state index is -0.0487. The second kappa shape index (κ2) is 5.48. The summed E-state index contributed by atoms with van der Waals surface area (Å²) in [4.78, 5) is 11.4. The summed E-state index contributed by atoms with van der Waals surface area (Å²) >= 11 is 6.62. The summed E-state index contributed by atoms with van der Waals surface area (Å²) in [6.45, 7) is 4.86. The highest BCUT2D eigenvalue weighted by atomic mass is 35.5. The van der Waals surface area contributed by atoms with Gasteiger partial charge in [-0.25, -0.2) is 0 Å². The summed E-state index contributed by atoms with van der Waals surface area (Å²) in [5.74, 6) is 2.38. The van der Waals surface area contributed by atoms with E-state index in [4.69, 9.17) is 11.6 Å². The molecule has 0 amide bonds. The first-order valence-corrected chi connectivity index (χ1v) is 9.96. The minimum absolute atomic E-state index is 0.0487. The summed E-state index contributed by atoms with van der Waals surface area (Å²) in [7, 11) is 0. The van der Waals surface area contributed by atoms with Gasteiger partial charge in [0.15, 0.2) is 6.29 Å². The van der Waals surface area contributed by atoms with Gasteiger partial charge >= 0.3 is 0 Å². The van der Waals surface area contributed by atoms with Gasteiger partial charge in [0.05, 0.1) is 0 Å². The van der Waals surface area contributed by atoms with E-state index in [0.29, 0.717) is 11.3 Å². The monoisotopic (exact) mass is 332 g/mol. The quantitative estimate of drug-likeness (QED) is 0.536. The Morgan fingerprint density at radius 3 is 2.70 bits per heavy atom. The Labute approximate surface area is 145 Å². The predicted octanol–water partition coefficient (Wildman–Crippen LogP) is 6.03. The number of halogens is 1. The van der Waals surface area contributed by atoms with E-state index in [9.17, 15) is 4.79 Å². The summed E-state index contributed by atoms with van der Waals surface area (Å²) in [5.41, 5.74) is 2.70. The van der Waals surface area contributed by atoms with Gasteiger partial charge in [0.2, 0.25) is 0 Å². The van der Waals surface area contributed by atoms with E-state index in [-0.39, 0.29) is 5.41 Å². The number of allylic oxidation sites excluding steroid dienone is 4. The standard InChI is InChI=1S/C21H29ClO/c1-20-10-5-3-4-6-15(20)7-8-16-17(20)9-11-21(2)18(16)12-14(13-23)19(21)22/h12-13,15-17H,3-11H2,1-2H3. The maximum atomic E-state index is 11.4. The topological polar surface area (TPSA) is 17.1 Å². The first-order valence-electron chi connectivity index (χ1n) is 9.58. The van der Waals surface area contributed by atoms with Crippen LogP contribution in [0.4, 0.5) is 0 Å². The van der Waals surface area contributed by atoms with Gasteiger partial charge in [-0.3, -0.25) is 4.79 Å². The molecular formula is C21H29ClO. The number of carbonyl (C=O) groups is 1. The fourth-order valence-electron chi connectivity index (χ4n) is 6.65. The van der Waals surface area contributed by atoms with Crippen molar-refractivity contribution < 1.29 is 4.79 Å². The van der Waals surface area contributed by atoms with Gasteiger partial charge in [-0.2, -0.15) is 0 Å². The van der Waals surface area contributed by atoms with E-state index >= 15 is 0 Å². The van der Waals surface area contributed by atoms with Crippen molar-refractivity contribution in [2.24, 2.45) is 28.6 Å². The van der Waals surface area contributed by atoms with Gasteiger partial charge in [0.1, 0.15) is 0 Å². The molecule has 3 fully saturated rings. The molecule has 0 radical (unpaired) electrons. The lowest BCUT2D eigenvalue weighted by molar-refractivity contribution is -0.104. The van der Waals surface area contributed by atoms with Crippen LogP contribution < -0.4 is 0 Å². The molecular weight excluding hydrogens is 304 g/mol. The zero-order valence-electron chi connectivity index (χ0n) is 14.5. The van der Waals surface area contributed by atoms with E-state index in [1.54, 1.807) is 0 Å². The summed E-state index contributed by atoms with van der Waals surface area (Å²) in [6.07, 6.45) is 15.3. The molecule has 0 aliphatic heterocycles. The molecule has 0 aromatic heterocycles. The summed E-state index contributed by atoms with van der Waals surface area (Å²) < 4.78 is 0. The fourth-order valence-corrected chi connectivity index (χ4v) is 6.95. The average Bonchev–Trinajstić information content (AvgIpc) is 2.69. The molecule has 4 aliphatic rings. The molecule has 0 N–H and O–H groups in total. The Kier molecular flexibility index (Phi) is 3.80. The van der Waals surface area contributed by atoms with Crippen molar-refractivity contribution in [1.29, 1.82) is 0 Å². The number of fused-ring (bicyclic) bond motifs is 5. The molecule has 2 heteroatoms. The molecule has 3 saturated carbocycles. The molecule has 0 saturated heterocycles. The molecule has 1 nitrogen and oxygen atoms in total. The van der Waals surface area contributed by atoms with Gasteiger partial charge in [-0.1, -0.05) is 56.4 Å². The molecule has 0 aromatic rings. The van der Waals surface area contributed by atoms with Gasteiger partial charge < -0.3 is 0 Å². The zero-order valence-corrected chi connectivity index (χ0v) is 15.3. The van der Waals surface area contributed by atoms with Crippen molar-refractivity contribution >= 4 is 17.9 Å². The Balaban J connectivity index is 1.71. The van der Waals surface area contributed by atoms with Crippen molar-refractivity contribution in [3.63, 3.8) is 0 Å². The third kappa shape index (κ3) is 2.15. The van der Waals surface area contributed by atoms with Crippen molar-refractivity contribution in [3.8, 4) is 0 Å². The first kappa shape index (κ1) is 15.9. The molecule has 5 unspecified atom stereocenters. The van der Waals surface area contributed by atoms with Crippen molar-refractivity contribution in [1.82, 2.24) is 0 Å². The van der Waals surface area contributed by atoms with Crippen LogP contribution in [0.5, 0.6) is 0 Å². The van der Waals surface area contributed by atoms with Crippen LogP contribution in [0.3, 0.4) is 0 Å². The number of rotatable bonds is 1. The maximum absolute atomic E-state index is 11.4. The highest BCUT2D eigenvalue weighted by molar-refractivity contribution is 6.33. The molecule has 0 heterocycles. The van der Waals surface area contributed by atoms with Gasteiger partial charge in [-0.05, 0) is 61.7 Å². The van der Waals surface area contributed by atoms with Crippen LogP contribution in [0.1, 0.15) is 71.6 Å². The molecule has 126 valence electrons. The summed E-state index contributed by atoms with van der Waals surface area (Å²) in [6, 6.07) is 0. The number of hydrogen-bond acceptors (Lipinski definition) is 1. The number of aldehydes is 1. The van der Waals surface area contributed by atoms with Crippen LogP contribution in [0, 0.1) is 28.6 Å². The van der Waals surface area contributed by atoms with E-state index in [1.165, 1.54) is 56.9 Å². The summed E-state index contributed by atoms with van der Waals surface area (Å²) in [5, 5.41) is 0.814. The third-order valence-electron chi connectivity index (χ3n) is 8.03. The molecule has 0 spiro atoms. The SMILES string of the molecule is CC12CCC3C(CCC4CCCCCC43C)C1=CC(C=O)=C2Cl. The van der Waals surface area contributed by atoms with Crippen LogP contribution >= 0.6 is 11.6 Å². The van der Waals surface area contributed by atoms with Crippen molar-refractivity contribution in [2.75, 3.05) is 0 Å². The first-order chi connectivity index (χ1) is 11.0. The predicted molar refractivity (Wildman–Crippen MR) is 95.3 cm³/mol. The fraction of sp³-hybridized carbons (Fsp3) is 0.762. The Bertz CT molecular complexity index is 589. The van der Waals surface area contributed by atoms with Crippen molar-refractivity contribution in [2.45, 2.75) is 71.6 Å². The smallest absolute Gasteiger partial charge is 0.151 e. The Morgan fingerprint density at radius 1 is 1.09 bits per heavy atom. The van der Waals surface area contributed by atoms with E-state index in [1.807, 2.05) is 0 Å². The normalized spacial score (nSPS) is 46.4. The molecule has 4 aliphatic carbocycles. The van der Waals surface area contributed by atoms with Gasteiger partial charge in [-0.15, -0.1) is 0 Å². The molecule has 4 rings (SSSR count). The number of hydrogen-bond donors (Lipinski definition) is 0. The lowest BCUT2D eigenvalue weighted by Crippen LogP contribution is -2.48. The van der Waals surface area contributed by atoms with Gasteiger partial charge in [0, 0.05) is 16.0 Å². The van der Waals surface area contributed by atoms with Crippen LogP contribution in [0.25, 0.3) is 0 Å². The third-order valence-corrected chi connectivity index (χ3v) is 8.66. The largest absolute Gasteiger partial charge is 0.298 e. The van der Waals surface area contributed by atoms with Gasteiger partial charge in [0.25, 0.3) is 0 Å². The van der Waals surface area contributed by atoms with Crippen molar-refractivity contribution in [3.05, 3.63) is 22.3 Å². The maximum Gasteiger partial charge on any atom is 0.151 e. The lowest BCUT2D eigenvalue weighted by Gasteiger charge is -2.56. The van der Waals surface area contributed by atoms with E-state index in [0.717, 1.165) is 35.1 Å². The Morgan fingerprint density at radius 2 is 1.91 bits per heavy atom. The van der Waals surface area contributed by atoms with Crippen LogP contribution in [0.2, 0.25) is 0 Å². The van der Waals surface area contributed by atoms with E-state index < -0.39 is 0 Å².